The van der Waals surface area contributed by atoms with E-state index < -0.39 is 0 Å². The van der Waals surface area contributed by atoms with E-state index in [4.69, 9.17) is 4.98 Å². The van der Waals surface area contributed by atoms with Crippen LogP contribution in [0.25, 0.3) is 33.3 Å². The van der Waals surface area contributed by atoms with Crippen molar-refractivity contribution in [2.75, 3.05) is 0 Å². The predicted octanol–water partition coefficient (Wildman–Crippen LogP) is 6.15. The van der Waals surface area contributed by atoms with Gasteiger partial charge in [0.2, 0.25) is 0 Å². The van der Waals surface area contributed by atoms with E-state index in [1.165, 1.54) is 27.9 Å². The van der Waals surface area contributed by atoms with Crippen LogP contribution in [0.3, 0.4) is 0 Å². The molecule has 6 rings (SSSR count). The van der Waals surface area contributed by atoms with E-state index in [1.807, 2.05) is 31.6 Å². The van der Waals surface area contributed by atoms with Crippen molar-refractivity contribution in [1.29, 1.82) is 0 Å². The minimum Gasteiger partial charge on any atom is -0.353 e. The molecule has 0 amide bonds. The molecule has 0 bridgehead atoms. The van der Waals surface area contributed by atoms with Crippen LogP contribution in [-0.4, -0.2) is 35.5 Å². The molecule has 0 unspecified atom stereocenters. The third-order valence-electron chi connectivity index (χ3n) is 7.83. The van der Waals surface area contributed by atoms with Gasteiger partial charge in [-0.15, -0.1) is 0 Å². The van der Waals surface area contributed by atoms with E-state index in [9.17, 15) is 0 Å². The van der Waals surface area contributed by atoms with Gasteiger partial charge in [-0.25, -0.2) is 4.98 Å². The molecule has 2 N–H and O–H groups in total. The molecule has 5 heterocycles. The molecular formula is C30H35N7. The van der Waals surface area contributed by atoms with Gasteiger partial charge in [0.05, 0.1) is 28.1 Å². The van der Waals surface area contributed by atoms with E-state index in [-0.39, 0.29) is 0 Å². The Hall–Kier alpha value is -3.58. The SMILES string of the molecule is Cc1cnc(CNC2CCC(c3ccc4[nH]c(-c5cn(C)c6ncccc56)c(C(C)C)c4n3)CC2)cn1. The summed E-state index contributed by atoms with van der Waals surface area (Å²) in [6.45, 7) is 7.27. The normalized spacial score (nSPS) is 18.3. The number of hydrogen-bond donors (Lipinski definition) is 2. The third-order valence-corrected chi connectivity index (χ3v) is 7.83. The van der Waals surface area contributed by atoms with Crippen LogP contribution in [-0.2, 0) is 13.6 Å². The molecule has 5 aromatic heterocycles. The first-order valence-electron chi connectivity index (χ1n) is 13.4. The highest BCUT2D eigenvalue weighted by atomic mass is 15.0. The molecule has 1 fully saturated rings. The largest absolute Gasteiger partial charge is 0.353 e. The maximum absolute atomic E-state index is 5.29. The van der Waals surface area contributed by atoms with Crippen molar-refractivity contribution in [2.24, 2.45) is 7.05 Å². The third kappa shape index (κ3) is 4.53. The number of fused-ring (bicyclic) bond motifs is 2. The van der Waals surface area contributed by atoms with Gasteiger partial charge in [-0.1, -0.05) is 13.8 Å². The maximum Gasteiger partial charge on any atom is 0.140 e. The molecule has 1 aliphatic rings. The molecule has 0 radical (unpaired) electrons. The van der Waals surface area contributed by atoms with Crippen LogP contribution in [0.2, 0.25) is 0 Å². The molecule has 37 heavy (non-hydrogen) atoms. The fraction of sp³-hybridized carbons (Fsp3) is 0.400. The summed E-state index contributed by atoms with van der Waals surface area (Å²) in [5.74, 6) is 0.852. The van der Waals surface area contributed by atoms with Gasteiger partial charge in [0.15, 0.2) is 0 Å². The monoisotopic (exact) mass is 493 g/mol. The number of hydrogen-bond acceptors (Lipinski definition) is 5. The number of pyridine rings is 2. The Morgan fingerprint density at radius 1 is 1.05 bits per heavy atom. The number of aromatic amines is 1. The minimum atomic E-state index is 0.350. The van der Waals surface area contributed by atoms with Gasteiger partial charge in [0, 0.05) is 72.5 Å². The van der Waals surface area contributed by atoms with Crippen molar-refractivity contribution in [1.82, 2.24) is 34.8 Å². The highest BCUT2D eigenvalue weighted by Gasteiger charge is 2.25. The molecule has 1 aliphatic carbocycles. The Balaban J connectivity index is 1.23. The van der Waals surface area contributed by atoms with Crippen LogP contribution in [0, 0.1) is 6.92 Å². The van der Waals surface area contributed by atoms with Crippen molar-refractivity contribution < 1.29 is 0 Å². The molecule has 1 saturated carbocycles. The molecule has 0 aliphatic heterocycles. The van der Waals surface area contributed by atoms with Crippen LogP contribution >= 0.6 is 0 Å². The first-order valence-corrected chi connectivity index (χ1v) is 13.4. The van der Waals surface area contributed by atoms with Gasteiger partial charge in [0.1, 0.15) is 5.65 Å². The van der Waals surface area contributed by atoms with Gasteiger partial charge in [-0.3, -0.25) is 15.0 Å². The van der Waals surface area contributed by atoms with Crippen LogP contribution in [0.1, 0.15) is 74.0 Å². The maximum atomic E-state index is 5.29. The minimum absolute atomic E-state index is 0.350. The smallest absolute Gasteiger partial charge is 0.140 e. The summed E-state index contributed by atoms with van der Waals surface area (Å²) in [4.78, 5) is 22.4. The summed E-state index contributed by atoms with van der Waals surface area (Å²) in [6, 6.07) is 9.16. The zero-order chi connectivity index (χ0) is 25.5. The topological polar surface area (TPSA) is 84.3 Å². The van der Waals surface area contributed by atoms with Crippen LogP contribution in [0.15, 0.2) is 49.1 Å². The number of aromatic nitrogens is 6. The van der Waals surface area contributed by atoms with E-state index in [2.05, 4.69) is 75.1 Å². The first-order chi connectivity index (χ1) is 18.0. The number of aryl methyl sites for hydroxylation is 2. The highest BCUT2D eigenvalue weighted by molar-refractivity contribution is 5.98. The summed E-state index contributed by atoms with van der Waals surface area (Å²) in [7, 11) is 2.06. The lowest BCUT2D eigenvalue weighted by atomic mass is 9.83. The Morgan fingerprint density at radius 3 is 2.65 bits per heavy atom. The van der Waals surface area contributed by atoms with Crippen molar-refractivity contribution in [2.45, 2.75) is 70.9 Å². The zero-order valence-electron chi connectivity index (χ0n) is 22.1. The van der Waals surface area contributed by atoms with Crippen LogP contribution in [0.5, 0.6) is 0 Å². The molecule has 0 atom stereocenters. The standard InChI is InChI=1S/C30H35N7/c1-18(2)27-28(24-17-37(4)30-23(24)6-5-13-31-30)36-26-12-11-25(35-29(26)27)20-7-9-21(10-8-20)34-16-22-15-32-19(3)14-33-22/h5-6,11-15,17-18,20-21,34,36H,7-10,16H2,1-4H3. The number of nitrogens with one attached hydrogen (secondary N) is 2. The Morgan fingerprint density at radius 2 is 1.89 bits per heavy atom. The Kier molecular flexibility index (Phi) is 6.24. The second-order valence-corrected chi connectivity index (χ2v) is 10.8. The molecule has 7 nitrogen and oxygen atoms in total. The summed E-state index contributed by atoms with van der Waals surface area (Å²) >= 11 is 0. The second-order valence-electron chi connectivity index (χ2n) is 10.8. The molecule has 0 spiro atoms. The van der Waals surface area contributed by atoms with Crippen molar-refractivity contribution >= 4 is 22.1 Å². The summed E-state index contributed by atoms with van der Waals surface area (Å²) in [5.41, 5.74) is 10.1. The number of nitrogens with zero attached hydrogens (tertiary/aromatic N) is 5. The van der Waals surface area contributed by atoms with Gasteiger partial charge < -0.3 is 14.9 Å². The Bertz CT molecular complexity index is 1540. The summed E-state index contributed by atoms with van der Waals surface area (Å²) in [6.07, 6.45) is 12.4. The van der Waals surface area contributed by atoms with Gasteiger partial charge in [-0.05, 0) is 62.8 Å². The van der Waals surface area contributed by atoms with Gasteiger partial charge in [-0.2, -0.15) is 0 Å². The number of H-pyrrole nitrogens is 1. The van der Waals surface area contributed by atoms with Crippen molar-refractivity contribution in [3.05, 3.63) is 71.7 Å². The van der Waals surface area contributed by atoms with Crippen molar-refractivity contribution in [3.8, 4) is 11.3 Å². The van der Waals surface area contributed by atoms with Crippen LogP contribution < -0.4 is 5.32 Å². The quantitative estimate of drug-likeness (QED) is 0.296. The average Bonchev–Trinajstić information content (AvgIpc) is 3.46. The zero-order valence-corrected chi connectivity index (χ0v) is 22.1. The predicted molar refractivity (Wildman–Crippen MR) is 148 cm³/mol. The molecule has 5 aromatic rings. The molecule has 7 heteroatoms. The average molecular weight is 494 g/mol. The number of rotatable bonds is 6. The summed E-state index contributed by atoms with van der Waals surface area (Å²) in [5, 5.41) is 4.85. The molecular weight excluding hydrogens is 458 g/mol. The fourth-order valence-corrected chi connectivity index (χ4v) is 5.87. The van der Waals surface area contributed by atoms with Gasteiger partial charge in [0.25, 0.3) is 0 Å². The first kappa shape index (κ1) is 23.8. The summed E-state index contributed by atoms with van der Waals surface area (Å²) < 4.78 is 2.11. The van der Waals surface area contributed by atoms with E-state index in [0.717, 1.165) is 60.3 Å². The Labute approximate surface area is 217 Å². The van der Waals surface area contributed by atoms with E-state index in [1.54, 1.807) is 0 Å². The molecule has 0 saturated heterocycles. The second kappa shape index (κ2) is 9.71. The van der Waals surface area contributed by atoms with E-state index in [0.29, 0.717) is 17.9 Å². The van der Waals surface area contributed by atoms with E-state index >= 15 is 0 Å². The van der Waals surface area contributed by atoms with Crippen LogP contribution in [0.4, 0.5) is 0 Å². The molecule has 190 valence electrons. The molecule has 0 aromatic carbocycles. The lowest BCUT2D eigenvalue weighted by molar-refractivity contribution is 0.337. The highest BCUT2D eigenvalue weighted by Crippen LogP contribution is 2.39. The van der Waals surface area contributed by atoms with Crippen molar-refractivity contribution in [3.63, 3.8) is 0 Å². The fourth-order valence-electron chi connectivity index (χ4n) is 5.87. The lowest BCUT2D eigenvalue weighted by Crippen LogP contribution is -2.32. The van der Waals surface area contributed by atoms with Gasteiger partial charge >= 0.3 is 0 Å². The lowest BCUT2D eigenvalue weighted by Gasteiger charge is -2.29.